The summed E-state index contributed by atoms with van der Waals surface area (Å²) in [5.41, 5.74) is 6.17. The largest absolute Gasteiger partial charge is 0.388 e. The van der Waals surface area contributed by atoms with Crippen LogP contribution in [0.2, 0.25) is 0 Å². The molecule has 0 bridgehead atoms. The summed E-state index contributed by atoms with van der Waals surface area (Å²) in [5.74, 6) is 2.05. The van der Waals surface area contributed by atoms with E-state index in [9.17, 15) is 5.11 Å². The van der Waals surface area contributed by atoms with Gasteiger partial charge >= 0.3 is 0 Å². The molecule has 4 N–H and O–H groups in total. The average molecular weight is 278 g/mol. The molecule has 1 aliphatic carbocycles. The van der Waals surface area contributed by atoms with Crippen LogP contribution in [-0.2, 0) is 6.42 Å². The third-order valence-corrected chi connectivity index (χ3v) is 4.53. The SMILES string of the molecule is CCc1c(N)ncnc1NCC1(O)CCC(CC)CC1. The van der Waals surface area contributed by atoms with Gasteiger partial charge in [-0.05, 0) is 38.0 Å². The predicted molar refractivity (Wildman–Crippen MR) is 81.5 cm³/mol. The van der Waals surface area contributed by atoms with E-state index in [-0.39, 0.29) is 0 Å². The third-order valence-electron chi connectivity index (χ3n) is 4.53. The number of anilines is 2. The van der Waals surface area contributed by atoms with Crippen molar-refractivity contribution < 1.29 is 5.11 Å². The van der Waals surface area contributed by atoms with Crippen LogP contribution < -0.4 is 11.1 Å². The van der Waals surface area contributed by atoms with Crippen LogP contribution in [0.5, 0.6) is 0 Å². The number of rotatable bonds is 5. The Labute approximate surface area is 121 Å². The van der Waals surface area contributed by atoms with Crippen molar-refractivity contribution in [2.75, 3.05) is 17.6 Å². The number of aliphatic hydroxyl groups is 1. The molecule has 20 heavy (non-hydrogen) atoms. The zero-order valence-electron chi connectivity index (χ0n) is 12.5. The van der Waals surface area contributed by atoms with E-state index in [0.717, 1.165) is 49.4 Å². The summed E-state index contributed by atoms with van der Waals surface area (Å²) < 4.78 is 0. The summed E-state index contributed by atoms with van der Waals surface area (Å²) in [6.07, 6.45) is 7.41. The molecule has 112 valence electrons. The first-order valence-corrected chi connectivity index (χ1v) is 7.63. The Morgan fingerprint density at radius 3 is 2.65 bits per heavy atom. The molecular formula is C15H26N4O. The number of nitrogens with zero attached hydrogens (tertiary/aromatic N) is 2. The van der Waals surface area contributed by atoms with E-state index in [1.54, 1.807) is 0 Å². The Bertz CT molecular complexity index is 441. The molecule has 0 aliphatic heterocycles. The Kier molecular flexibility index (Phi) is 4.81. The van der Waals surface area contributed by atoms with Crippen molar-refractivity contribution in [3.63, 3.8) is 0 Å². The highest BCUT2D eigenvalue weighted by molar-refractivity contribution is 5.55. The third kappa shape index (κ3) is 3.39. The highest BCUT2D eigenvalue weighted by Gasteiger charge is 2.32. The summed E-state index contributed by atoms with van der Waals surface area (Å²) in [6, 6.07) is 0. The maximum absolute atomic E-state index is 10.6. The van der Waals surface area contributed by atoms with Gasteiger partial charge in [0.2, 0.25) is 0 Å². The number of hydrogen-bond acceptors (Lipinski definition) is 5. The van der Waals surface area contributed by atoms with Crippen LogP contribution in [-0.4, -0.2) is 27.2 Å². The number of nitrogens with two attached hydrogens (primary N) is 1. The van der Waals surface area contributed by atoms with E-state index in [1.807, 2.05) is 6.92 Å². The molecule has 1 saturated carbocycles. The average Bonchev–Trinajstić information content (AvgIpc) is 2.46. The molecule has 0 unspecified atom stereocenters. The standard InChI is InChI=1S/C15H26N4O/c1-3-11-5-7-15(20,8-6-11)9-17-14-12(4-2)13(16)18-10-19-14/h10-11,20H,3-9H2,1-2H3,(H3,16,17,18,19). The van der Waals surface area contributed by atoms with Gasteiger partial charge in [0.15, 0.2) is 0 Å². The van der Waals surface area contributed by atoms with E-state index < -0.39 is 5.60 Å². The van der Waals surface area contributed by atoms with Crippen LogP contribution in [0.15, 0.2) is 6.33 Å². The summed E-state index contributed by atoms with van der Waals surface area (Å²) in [6.45, 7) is 4.79. The molecule has 1 aromatic heterocycles. The van der Waals surface area contributed by atoms with Crippen LogP contribution in [0.1, 0.15) is 51.5 Å². The second kappa shape index (κ2) is 6.39. The highest BCUT2D eigenvalue weighted by Crippen LogP contribution is 2.34. The first kappa shape index (κ1) is 15.0. The van der Waals surface area contributed by atoms with Crippen LogP contribution in [0.25, 0.3) is 0 Å². The molecule has 1 aromatic rings. The van der Waals surface area contributed by atoms with Crippen LogP contribution in [0.3, 0.4) is 0 Å². The van der Waals surface area contributed by atoms with Gasteiger partial charge in [0, 0.05) is 12.1 Å². The van der Waals surface area contributed by atoms with Crippen LogP contribution in [0.4, 0.5) is 11.6 Å². The van der Waals surface area contributed by atoms with E-state index in [0.29, 0.717) is 12.4 Å². The van der Waals surface area contributed by atoms with Crippen molar-refractivity contribution in [2.45, 2.75) is 58.0 Å². The molecule has 0 aromatic carbocycles. The number of nitrogen functional groups attached to an aromatic ring is 1. The lowest BCUT2D eigenvalue weighted by Crippen LogP contribution is -2.40. The fourth-order valence-corrected chi connectivity index (χ4v) is 2.98. The van der Waals surface area contributed by atoms with Crippen molar-refractivity contribution in [1.82, 2.24) is 9.97 Å². The maximum Gasteiger partial charge on any atom is 0.134 e. The fourth-order valence-electron chi connectivity index (χ4n) is 2.98. The van der Waals surface area contributed by atoms with E-state index in [1.165, 1.54) is 12.7 Å². The molecule has 5 heteroatoms. The molecular weight excluding hydrogens is 252 g/mol. The normalized spacial score (nSPS) is 26.4. The summed E-state index contributed by atoms with van der Waals surface area (Å²) in [5, 5.41) is 13.9. The topological polar surface area (TPSA) is 84.1 Å². The summed E-state index contributed by atoms with van der Waals surface area (Å²) in [7, 11) is 0. The Morgan fingerprint density at radius 1 is 1.35 bits per heavy atom. The van der Waals surface area contributed by atoms with Crippen molar-refractivity contribution in [1.29, 1.82) is 0 Å². The van der Waals surface area contributed by atoms with Crippen LogP contribution >= 0.6 is 0 Å². The number of nitrogens with one attached hydrogen (secondary N) is 1. The highest BCUT2D eigenvalue weighted by atomic mass is 16.3. The zero-order valence-corrected chi connectivity index (χ0v) is 12.5. The van der Waals surface area contributed by atoms with Crippen molar-refractivity contribution in [3.05, 3.63) is 11.9 Å². The minimum absolute atomic E-state index is 0.520. The van der Waals surface area contributed by atoms with Gasteiger partial charge in [-0.15, -0.1) is 0 Å². The van der Waals surface area contributed by atoms with Crippen molar-refractivity contribution >= 4 is 11.6 Å². The monoisotopic (exact) mass is 278 g/mol. The van der Waals surface area contributed by atoms with E-state index in [4.69, 9.17) is 5.73 Å². The first-order chi connectivity index (χ1) is 9.58. The minimum atomic E-state index is -0.615. The van der Waals surface area contributed by atoms with Crippen molar-refractivity contribution in [2.24, 2.45) is 5.92 Å². The Morgan fingerprint density at radius 2 is 2.05 bits per heavy atom. The minimum Gasteiger partial charge on any atom is -0.388 e. The van der Waals surface area contributed by atoms with Gasteiger partial charge in [-0.2, -0.15) is 0 Å². The van der Waals surface area contributed by atoms with Gasteiger partial charge in [-0.3, -0.25) is 0 Å². The molecule has 0 spiro atoms. The van der Waals surface area contributed by atoms with Gasteiger partial charge in [-0.1, -0.05) is 20.3 Å². The molecule has 1 aliphatic rings. The lowest BCUT2D eigenvalue weighted by molar-refractivity contribution is 0.00222. The Hall–Kier alpha value is -1.36. The van der Waals surface area contributed by atoms with Crippen LogP contribution in [0, 0.1) is 5.92 Å². The predicted octanol–water partition coefficient (Wildman–Crippen LogP) is 2.36. The zero-order chi connectivity index (χ0) is 14.6. The maximum atomic E-state index is 10.6. The van der Waals surface area contributed by atoms with Crippen molar-refractivity contribution in [3.8, 4) is 0 Å². The van der Waals surface area contributed by atoms with Gasteiger partial charge in [0.05, 0.1) is 5.60 Å². The second-order valence-electron chi connectivity index (χ2n) is 5.87. The Balaban J connectivity index is 1.97. The van der Waals surface area contributed by atoms with Gasteiger partial charge in [0.25, 0.3) is 0 Å². The summed E-state index contributed by atoms with van der Waals surface area (Å²) in [4.78, 5) is 8.25. The lowest BCUT2D eigenvalue weighted by Gasteiger charge is -2.36. The summed E-state index contributed by atoms with van der Waals surface area (Å²) >= 11 is 0. The molecule has 1 fully saturated rings. The van der Waals surface area contributed by atoms with Gasteiger partial charge in [-0.25, -0.2) is 9.97 Å². The van der Waals surface area contributed by atoms with Gasteiger partial charge in [0.1, 0.15) is 18.0 Å². The molecule has 2 rings (SSSR count). The van der Waals surface area contributed by atoms with E-state index in [2.05, 4.69) is 22.2 Å². The number of hydrogen-bond donors (Lipinski definition) is 3. The molecule has 0 saturated heterocycles. The smallest absolute Gasteiger partial charge is 0.134 e. The molecule has 1 heterocycles. The second-order valence-corrected chi connectivity index (χ2v) is 5.87. The first-order valence-electron chi connectivity index (χ1n) is 7.63. The quantitative estimate of drug-likeness (QED) is 0.770. The molecule has 0 atom stereocenters. The fraction of sp³-hybridized carbons (Fsp3) is 0.733. The van der Waals surface area contributed by atoms with Gasteiger partial charge < -0.3 is 16.2 Å². The lowest BCUT2D eigenvalue weighted by atomic mass is 9.78. The molecule has 0 radical (unpaired) electrons. The number of aromatic nitrogens is 2. The molecule has 5 nitrogen and oxygen atoms in total. The molecule has 0 amide bonds. The van der Waals surface area contributed by atoms with E-state index >= 15 is 0 Å².